The Kier molecular flexibility index (Phi) is 9.58. The van der Waals surface area contributed by atoms with Crippen molar-refractivity contribution < 1.29 is 9.47 Å². The molecule has 0 amide bonds. The van der Waals surface area contributed by atoms with E-state index in [1.165, 1.54) is 25.9 Å². The third-order valence-electron chi connectivity index (χ3n) is 4.97. The first-order valence-corrected chi connectivity index (χ1v) is 10.0. The van der Waals surface area contributed by atoms with Crippen molar-refractivity contribution in [2.24, 2.45) is 16.8 Å². The molecule has 0 aromatic heterocycles. The number of guanidine groups is 1. The number of likely N-dealkylation sites (tertiary alicyclic amines) is 1. The smallest absolute Gasteiger partial charge is 0.191 e. The van der Waals surface area contributed by atoms with Crippen molar-refractivity contribution in [1.82, 2.24) is 15.5 Å². The van der Waals surface area contributed by atoms with Gasteiger partial charge >= 0.3 is 0 Å². The Bertz CT molecular complexity index is 376. The number of nitrogens with zero attached hydrogens (tertiary/aromatic N) is 2. The summed E-state index contributed by atoms with van der Waals surface area (Å²) in [5, 5.41) is 6.78. The lowest BCUT2D eigenvalue weighted by Crippen LogP contribution is -2.45. The van der Waals surface area contributed by atoms with Crippen LogP contribution in [0.5, 0.6) is 0 Å². The lowest BCUT2D eigenvalue weighted by atomic mass is 9.92. The van der Waals surface area contributed by atoms with E-state index in [0.717, 1.165) is 70.1 Å². The fraction of sp³-hybridized carbons (Fsp3) is 0.947. The Hall–Kier alpha value is -0.850. The normalized spacial score (nSPS) is 28.3. The number of rotatable bonds is 9. The Morgan fingerprint density at radius 2 is 1.96 bits per heavy atom. The molecule has 3 unspecified atom stereocenters. The topological polar surface area (TPSA) is 58.1 Å². The predicted octanol–water partition coefficient (Wildman–Crippen LogP) is 1.72. The average Bonchev–Trinajstić information content (AvgIpc) is 3.08. The minimum absolute atomic E-state index is 0.322. The van der Waals surface area contributed by atoms with E-state index in [4.69, 9.17) is 9.47 Å². The van der Waals surface area contributed by atoms with E-state index in [1.54, 1.807) is 0 Å². The van der Waals surface area contributed by atoms with Crippen LogP contribution in [0.1, 0.15) is 39.5 Å². The molecule has 2 N–H and O–H groups in total. The zero-order valence-electron chi connectivity index (χ0n) is 16.4. The summed E-state index contributed by atoms with van der Waals surface area (Å²) in [4.78, 5) is 6.86. The minimum Gasteiger partial charge on any atom is -0.379 e. The number of piperidine rings is 1. The van der Waals surface area contributed by atoms with Gasteiger partial charge in [0.2, 0.25) is 0 Å². The molecule has 0 aromatic carbocycles. The second kappa shape index (κ2) is 11.7. The van der Waals surface area contributed by atoms with Crippen molar-refractivity contribution in [2.45, 2.75) is 45.6 Å². The van der Waals surface area contributed by atoms with Gasteiger partial charge in [-0.2, -0.15) is 0 Å². The van der Waals surface area contributed by atoms with Crippen LogP contribution < -0.4 is 10.6 Å². The van der Waals surface area contributed by atoms with Crippen molar-refractivity contribution >= 4 is 5.96 Å². The van der Waals surface area contributed by atoms with Crippen molar-refractivity contribution in [2.75, 3.05) is 59.6 Å². The molecule has 6 heteroatoms. The summed E-state index contributed by atoms with van der Waals surface area (Å²) in [6.45, 7) is 12.5. The van der Waals surface area contributed by atoms with Crippen LogP contribution in [0.25, 0.3) is 0 Å². The zero-order valence-corrected chi connectivity index (χ0v) is 16.4. The highest BCUT2D eigenvalue weighted by Gasteiger charge is 2.21. The maximum Gasteiger partial charge on any atom is 0.191 e. The maximum atomic E-state index is 5.68. The largest absolute Gasteiger partial charge is 0.379 e. The number of nitrogens with one attached hydrogen (secondary N) is 2. The molecule has 2 saturated heterocycles. The van der Waals surface area contributed by atoms with E-state index < -0.39 is 0 Å². The second-order valence-electron chi connectivity index (χ2n) is 7.69. The molecule has 2 heterocycles. The first-order chi connectivity index (χ1) is 12.2. The minimum atomic E-state index is 0.322. The molecule has 0 spiro atoms. The van der Waals surface area contributed by atoms with Crippen molar-refractivity contribution in [3.63, 3.8) is 0 Å². The van der Waals surface area contributed by atoms with Crippen molar-refractivity contribution in [3.8, 4) is 0 Å². The van der Waals surface area contributed by atoms with Gasteiger partial charge in [-0.05, 0) is 37.5 Å². The first-order valence-electron chi connectivity index (χ1n) is 10.0. The second-order valence-corrected chi connectivity index (χ2v) is 7.69. The fourth-order valence-corrected chi connectivity index (χ4v) is 3.90. The van der Waals surface area contributed by atoms with E-state index in [2.05, 4.69) is 34.4 Å². The first kappa shape index (κ1) is 20.5. The highest BCUT2D eigenvalue weighted by Crippen LogP contribution is 2.20. The molecule has 0 aromatic rings. The Morgan fingerprint density at radius 3 is 2.64 bits per heavy atom. The molecule has 6 nitrogen and oxygen atoms in total. The van der Waals surface area contributed by atoms with Crippen LogP contribution in [0, 0.1) is 11.8 Å². The molecule has 0 radical (unpaired) electrons. The summed E-state index contributed by atoms with van der Waals surface area (Å²) in [5.41, 5.74) is 0. The third kappa shape index (κ3) is 8.38. The summed E-state index contributed by atoms with van der Waals surface area (Å²) in [6.07, 6.45) is 4.98. The summed E-state index contributed by atoms with van der Waals surface area (Å²) in [7, 11) is 1.83. The van der Waals surface area contributed by atoms with Gasteiger partial charge in [0.05, 0.1) is 12.7 Å². The lowest BCUT2D eigenvalue weighted by Gasteiger charge is -2.35. The molecular formula is C19H38N4O2. The molecule has 2 rings (SSSR count). The molecular weight excluding hydrogens is 316 g/mol. The quantitative estimate of drug-likeness (QED) is 0.375. The van der Waals surface area contributed by atoms with E-state index >= 15 is 0 Å². The third-order valence-corrected chi connectivity index (χ3v) is 4.97. The molecule has 2 aliphatic rings. The van der Waals surface area contributed by atoms with Crippen LogP contribution in [-0.2, 0) is 9.47 Å². The van der Waals surface area contributed by atoms with E-state index in [-0.39, 0.29) is 0 Å². The molecule has 0 saturated carbocycles. The van der Waals surface area contributed by atoms with Gasteiger partial charge in [0.15, 0.2) is 5.96 Å². The fourth-order valence-electron chi connectivity index (χ4n) is 3.90. The van der Waals surface area contributed by atoms with Crippen LogP contribution in [0.3, 0.4) is 0 Å². The van der Waals surface area contributed by atoms with Gasteiger partial charge in [-0.3, -0.25) is 4.99 Å². The van der Waals surface area contributed by atoms with Gasteiger partial charge in [0.1, 0.15) is 0 Å². The molecule has 146 valence electrons. The van der Waals surface area contributed by atoms with Gasteiger partial charge in [0, 0.05) is 53.0 Å². The van der Waals surface area contributed by atoms with Gasteiger partial charge < -0.3 is 25.0 Å². The average molecular weight is 355 g/mol. The van der Waals surface area contributed by atoms with Crippen molar-refractivity contribution in [3.05, 3.63) is 0 Å². The van der Waals surface area contributed by atoms with Gasteiger partial charge in [0.25, 0.3) is 0 Å². The Labute approximate surface area is 153 Å². The Morgan fingerprint density at radius 1 is 1.20 bits per heavy atom. The van der Waals surface area contributed by atoms with Crippen LogP contribution in [0.2, 0.25) is 0 Å². The monoisotopic (exact) mass is 354 g/mol. The van der Waals surface area contributed by atoms with E-state index in [1.807, 2.05) is 7.05 Å². The van der Waals surface area contributed by atoms with E-state index in [9.17, 15) is 0 Å². The number of aliphatic imine (C=N–C) groups is 1. The standard InChI is InChI=1S/C19H38N4O2/c1-16-12-17(2)14-23(13-16)9-8-22-19(20-3)21-7-5-10-24-15-18-6-4-11-25-18/h16-18H,4-15H2,1-3H3,(H2,20,21,22). The van der Waals surface area contributed by atoms with Crippen LogP contribution in [-0.4, -0.2) is 76.6 Å². The summed E-state index contributed by atoms with van der Waals surface area (Å²) in [6, 6.07) is 0. The molecule has 2 aliphatic heterocycles. The SMILES string of the molecule is CN=C(NCCCOCC1CCCO1)NCCN1CC(C)CC(C)C1. The summed E-state index contributed by atoms with van der Waals surface area (Å²) in [5.74, 6) is 2.52. The summed E-state index contributed by atoms with van der Waals surface area (Å²) < 4.78 is 11.2. The molecule has 0 aliphatic carbocycles. The maximum absolute atomic E-state index is 5.68. The van der Waals surface area contributed by atoms with Gasteiger partial charge in [-0.25, -0.2) is 0 Å². The van der Waals surface area contributed by atoms with Crippen LogP contribution in [0.4, 0.5) is 0 Å². The summed E-state index contributed by atoms with van der Waals surface area (Å²) >= 11 is 0. The van der Waals surface area contributed by atoms with E-state index in [0.29, 0.717) is 6.10 Å². The van der Waals surface area contributed by atoms with Crippen LogP contribution in [0.15, 0.2) is 4.99 Å². The van der Waals surface area contributed by atoms with Crippen molar-refractivity contribution in [1.29, 1.82) is 0 Å². The highest BCUT2D eigenvalue weighted by atomic mass is 16.5. The highest BCUT2D eigenvalue weighted by molar-refractivity contribution is 5.79. The van der Waals surface area contributed by atoms with Gasteiger partial charge in [-0.1, -0.05) is 13.8 Å². The number of hydrogen-bond acceptors (Lipinski definition) is 4. The zero-order chi connectivity index (χ0) is 17.9. The molecule has 25 heavy (non-hydrogen) atoms. The van der Waals surface area contributed by atoms with Crippen LogP contribution >= 0.6 is 0 Å². The lowest BCUT2D eigenvalue weighted by molar-refractivity contribution is 0.0168. The predicted molar refractivity (Wildman–Crippen MR) is 103 cm³/mol. The Balaban J connectivity index is 1.47. The molecule has 0 bridgehead atoms. The molecule has 2 fully saturated rings. The molecule has 3 atom stereocenters. The van der Waals surface area contributed by atoms with Gasteiger partial charge in [-0.15, -0.1) is 0 Å². The number of hydrogen-bond donors (Lipinski definition) is 2. The number of ether oxygens (including phenoxy) is 2.